The van der Waals surface area contributed by atoms with Gasteiger partial charge in [0.2, 0.25) is 0 Å². The van der Waals surface area contributed by atoms with Crippen LogP contribution in [0.3, 0.4) is 0 Å². The van der Waals surface area contributed by atoms with Crippen LogP contribution in [-0.2, 0) is 9.47 Å². The Hall–Kier alpha value is -0.840. The first-order valence-electron chi connectivity index (χ1n) is 7.34. The Morgan fingerprint density at radius 3 is 2.08 bits per heavy atom. The molecule has 10 nitrogen and oxygen atoms in total. The fourth-order valence-corrected chi connectivity index (χ4v) is 3.18. The van der Waals surface area contributed by atoms with Crippen LogP contribution in [0, 0.1) is 12.3 Å². The summed E-state index contributed by atoms with van der Waals surface area (Å²) in [4.78, 5) is 0. The predicted molar refractivity (Wildman–Crippen MR) is 75.3 cm³/mol. The largest absolute Gasteiger partial charge is 0.394 e. The zero-order chi connectivity index (χ0) is 18.2. The van der Waals surface area contributed by atoms with Gasteiger partial charge in [0.25, 0.3) is 0 Å². The molecule has 2 saturated heterocycles. The van der Waals surface area contributed by atoms with Crippen LogP contribution >= 0.6 is 0 Å². The van der Waals surface area contributed by atoms with Crippen molar-refractivity contribution in [3.8, 4) is 12.3 Å². The molecule has 0 aromatic carbocycles. The molecule has 0 aliphatic carbocycles. The van der Waals surface area contributed by atoms with Gasteiger partial charge in [0.05, 0.1) is 13.2 Å². The van der Waals surface area contributed by atoms with Gasteiger partial charge in [-0.05, 0) is 0 Å². The number of rotatable bonds is 4. The number of hydrogen-bond acceptors (Lipinski definition) is 10. The third kappa shape index (κ3) is 2.83. The lowest BCUT2D eigenvalue weighted by molar-refractivity contribution is -0.296. The minimum Gasteiger partial charge on any atom is -0.394 e. The van der Waals surface area contributed by atoms with E-state index in [1.165, 1.54) is 0 Å². The Morgan fingerprint density at radius 2 is 1.62 bits per heavy atom. The molecule has 0 aromatic heterocycles. The van der Waals surface area contributed by atoms with Gasteiger partial charge in [-0.2, -0.15) is 0 Å². The molecule has 0 bridgehead atoms. The average molecular weight is 350 g/mol. The summed E-state index contributed by atoms with van der Waals surface area (Å²) in [7, 11) is 0. The molecule has 2 rings (SSSR count). The zero-order valence-electron chi connectivity index (χ0n) is 12.6. The van der Waals surface area contributed by atoms with E-state index >= 15 is 0 Å². The van der Waals surface area contributed by atoms with Gasteiger partial charge in [0.1, 0.15) is 60.5 Å². The minimum absolute atomic E-state index is 0.690. The molecule has 0 spiro atoms. The first-order chi connectivity index (χ1) is 11.2. The minimum atomic E-state index is -2.11. The number of aliphatic hydroxyl groups excluding tert-OH is 8. The monoisotopic (exact) mass is 350 g/mol. The van der Waals surface area contributed by atoms with Crippen molar-refractivity contribution in [2.45, 2.75) is 60.5 Å². The Morgan fingerprint density at radius 1 is 1.00 bits per heavy atom. The van der Waals surface area contributed by atoms with Crippen LogP contribution in [0.1, 0.15) is 0 Å². The Labute approximate surface area is 137 Å². The van der Waals surface area contributed by atoms with Crippen LogP contribution in [0.4, 0.5) is 0 Å². The van der Waals surface area contributed by atoms with Crippen molar-refractivity contribution in [1.29, 1.82) is 0 Å². The molecule has 2 aliphatic rings. The van der Waals surface area contributed by atoms with Crippen LogP contribution in [0.5, 0.6) is 0 Å². The van der Waals surface area contributed by atoms with Crippen molar-refractivity contribution in [2.75, 3.05) is 13.2 Å². The van der Waals surface area contributed by atoms with E-state index in [1.807, 2.05) is 5.92 Å². The average Bonchev–Trinajstić information content (AvgIpc) is 2.84. The summed E-state index contributed by atoms with van der Waals surface area (Å²) >= 11 is 0. The van der Waals surface area contributed by atoms with Crippen LogP contribution in [0.15, 0.2) is 0 Å². The highest BCUT2D eigenvalue weighted by Gasteiger charge is 2.63. The van der Waals surface area contributed by atoms with E-state index in [9.17, 15) is 40.9 Å². The Kier molecular flexibility index (Phi) is 5.83. The second-order valence-corrected chi connectivity index (χ2v) is 5.99. The van der Waals surface area contributed by atoms with Crippen LogP contribution in [0.25, 0.3) is 0 Å². The van der Waals surface area contributed by atoms with Crippen molar-refractivity contribution < 1.29 is 50.3 Å². The summed E-state index contributed by atoms with van der Waals surface area (Å²) in [6.45, 7) is -1.64. The van der Waals surface area contributed by atoms with Crippen molar-refractivity contribution in [2.24, 2.45) is 0 Å². The number of hydrogen-bond donors (Lipinski definition) is 8. The maximum absolute atomic E-state index is 10.2. The van der Waals surface area contributed by atoms with Gasteiger partial charge in [-0.3, -0.25) is 0 Å². The molecule has 0 saturated carbocycles. The summed E-state index contributed by atoms with van der Waals surface area (Å²) in [6.07, 6.45) is -9.86. The van der Waals surface area contributed by atoms with Crippen molar-refractivity contribution in [3.63, 3.8) is 0 Å². The van der Waals surface area contributed by atoms with Gasteiger partial charge in [0.15, 0.2) is 0 Å². The molecule has 10 atom stereocenters. The fourth-order valence-electron chi connectivity index (χ4n) is 3.18. The summed E-state index contributed by atoms with van der Waals surface area (Å²) in [6, 6.07) is 0. The molecular formula is C14H22O10. The normalized spacial score (nSPS) is 50.5. The van der Waals surface area contributed by atoms with E-state index in [1.54, 1.807) is 0 Å². The molecule has 8 N–H and O–H groups in total. The smallest absolute Gasteiger partial charge is 0.149 e. The van der Waals surface area contributed by atoms with Crippen LogP contribution < -0.4 is 0 Å². The molecule has 0 amide bonds. The van der Waals surface area contributed by atoms with E-state index in [-0.39, 0.29) is 0 Å². The number of terminal acetylenes is 1. The van der Waals surface area contributed by atoms with Gasteiger partial charge in [-0.25, -0.2) is 0 Å². The first kappa shape index (κ1) is 19.5. The van der Waals surface area contributed by atoms with E-state index in [0.717, 1.165) is 0 Å². The van der Waals surface area contributed by atoms with Crippen LogP contribution in [0.2, 0.25) is 0 Å². The second kappa shape index (κ2) is 7.19. The Bertz CT molecular complexity index is 481. The lowest BCUT2D eigenvalue weighted by Crippen LogP contribution is -2.70. The van der Waals surface area contributed by atoms with Gasteiger partial charge in [-0.15, -0.1) is 6.42 Å². The van der Waals surface area contributed by atoms with Gasteiger partial charge < -0.3 is 50.3 Å². The second-order valence-electron chi connectivity index (χ2n) is 5.99. The van der Waals surface area contributed by atoms with Crippen molar-refractivity contribution in [3.05, 3.63) is 0 Å². The fraction of sp³-hybridized carbons (Fsp3) is 0.857. The molecule has 1 unspecified atom stereocenters. The SMILES string of the molecule is C#CC(O)[C@H]1O[C@H]([C@]2(CO)O[C@H](CO)[C@@H](O)[C@@H]2O)[C@H](O)[C@@H](O)[C@@H]1O. The Balaban J connectivity index is 2.38. The zero-order valence-corrected chi connectivity index (χ0v) is 12.6. The molecule has 2 heterocycles. The molecule has 2 aliphatic heterocycles. The lowest BCUT2D eigenvalue weighted by Gasteiger charge is -2.48. The highest BCUT2D eigenvalue weighted by molar-refractivity contribution is 5.13. The molecule has 138 valence electrons. The van der Waals surface area contributed by atoms with Gasteiger partial charge >= 0.3 is 0 Å². The van der Waals surface area contributed by atoms with Crippen LogP contribution in [-0.4, -0.2) is 115 Å². The van der Waals surface area contributed by atoms with Gasteiger partial charge in [0, 0.05) is 0 Å². The molecule has 0 radical (unpaired) electrons. The third-order valence-corrected chi connectivity index (χ3v) is 4.62. The number of ether oxygens (including phenoxy) is 2. The highest BCUT2D eigenvalue weighted by atomic mass is 16.6. The summed E-state index contributed by atoms with van der Waals surface area (Å²) in [5, 5.41) is 78.8. The molecular weight excluding hydrogens is 328 g/mol. The molecule has 2 fully saturated rings. The van der Waals surface area contributed by atoms with Crippen molar-refractivity contribution >= 4 is 0 Å². The summed E-state index contributed by atoms with van der Waals surface area (Å²) in [5.74, 6) is 1.90. The molecule has 24 heavy (non-hydrogen) atoms. The van der Waals surface area contributed by atoms with Crippen molar-refractivity contribution in [1.82, 2.24) is 0 Å². The molecule has 0 aromatic rings. The lowest BCUT2D eigenvalue weighted by atomic mass is 9.80. The summed E-state index contributed by atoms with van der Waals surface area (Å²) < 4.78 is 10.6. The molecule has 10 heteroatoms. The predicted octanol–water partition coefficient (Wildman–Crippen LogP) is -5.33. The standard InChI is InChI=1S/C14H22O10/c1-2-5(17)11-9(20)8(19)10(21)13(23-11)14(4-16)12(22)7(18)6(3-15)24-14/h1,5-13,15-22H,3-4H2/t5?,6-,7-,8+,9+,10-,11-,12+,13+,14-/m1/s1. The maximum Gasteiger partial charge on any atom is 0.149 e. The maximum atomic E-state index is 10.2. The topological polar surface area (TPSA) is 180 Å². The van der Waals surface area contributed by atoms with Gasteiger partial charge in [-0.1, -0.05) is 5.92 Å². The summed E-state index contributed by atoms with van der Waals surface area (Å²) in [5.41, 5.74) is -2.11. The quantitative estimate of drug-likeness (QED) is 0.228. The van der Waals surface area contributed by atoms with E-state index < -0.39 is 73.8 Å². The number of aliphatic hydroxyl groups is 8. The first-order valence-corrected chi connectivity index (χ1v) is 7.34. The van der Waals surface area contributed by atoms with E-state index in [4.69, 9.17) is 15.9 Å². The third-order valence-electron chi connectivity index (χ3n) is 4.62. The van der Waals surface area contributed by atoms with E-state index in [2.05, 4.69) is 0 Å². The van der Waals surface area contributed by atoms with E-state index in [0.29, 0.717) is 0 Å². The highest BCUT2D eigenvalue weighted by Crippen LogP contribution is 2.40.